The Kier molecular flexibility index (Phi) is 4.05. The second kappa shape index (κ2) is 5.99. The van der Waals surface area contributed by atoms with Crippen molar-refractivity contribution in [2.24, 2.45) is 0 Å². The van der Waals surface area contributed by atoms with Crippen LogP contribution in [-0.4, -0.2) is 51.0 Å². The van der Waals surface area contributed by atoms with Gasteiger partial charge in [-0.1, -0.05) is 11.3 Å². The van der Waals surface area contributed by atoms with Crippen molar-refractivity contribution in [2.75, 3.05) is 18.9 Å². The molecule has 9 nitrogen and oxygen atoms in total. The van der Waals surface area contributed by atoms with Gasteiger partial charge in [0, 0.05) is 6.42 Å². The number of aromatic nitrogens is 3. The monoisotopic (exact) mass is 326 g/mol. The summed E-state index contributed by atoms with van der Waals surface area (Å²) in [5.41, 5.74) is 5.82. The van der Waals surface area contributed by atoms with Gasteiger partial charge in [0.1, 0.15) is 12.6 Å². The van der Waals surface area contributed by atoms with Crippen molar-refractivity contribution in [1.29, 1.82) is 0 Å². The second-order valence-electron chi connectivity index (χ2n) is 4.86. The summed E-state index contributed by atoms with van der Waals surface area (Å²) < 4.78 is 12.2. The topological polar surface area (TPSA) is 130 Å². The van der Waals surface area contributed by atoms with Crippen LogP contribution in [0.4, 0.5) is 5.95 Å². The third kappa shape index (κ3) is 2.93. The van der Waals surface area contributed by atoms with Crippen LogP contribution in [0.2, 0.25) is 0 Å². The molecule has 0 amide bonds. The molecule has 2 unspecified atom stereocenters. The summed E-state index contributed by atoms with van der Waals surface area (Å²) >= 11 is 0.938. The molecule has 0 spiro atoms. The van der Waals surface area contributed by atoms with Gasteiger partial charge in [0.05, 0.1) is 30.2 Å². The lowest BCUT2D eigenvalue weighted by Crippen LogP contribution is -2.26. The summed E-state index contributed by atoms with van der Waals surface area (Å²) in [6, 6.07) is 0. The van der Waals surface area contributed by atoms with Crippen molar-refractivity contribution < 1.29 is 19.4 Å². The fraction of sp³-hybridized carbons (Fsp3) is 0.500. The summed E-state index contributed by atoms with van der Waals surface area (Å²) in [6.45, 7) is -0.125. The molecule has 10 heteroatoms. The number of aliphatic hydroxyl groups is 1. The number of carbonyl (C=O) groups excluding carboxylic acids is 1. The Balaban J connectivity index is 1.73. The molecule has 2 atom stereocenters. The molecule has 118 valence electrons. The Morgan fingerprint density at radius 3 is 3.18 bits per heavy atom. The normalized spacial score (nSPS) is 21.3. The number of aliphatic hydroxyl groups excluding tert-OH is 1. The lowest BCUT2D eigenvalue weighted by Gasteiger charge is -2.10. The van der Waals surface area contributed by atoms with Crippen LogP contribution in [0.25, 0.3) is 10.3 Å². The highest BCUT2D eigenvalue weighted by Crippen LogP contribution is 2.17. The first-order valence-electron chi connectivity index (χ1n) is 6.60. The van der Waals surface area contributed by atoms with Crippen LogP contribution in [0.3, 0.4) is 0 Å². The lowest BCUT2D eigenvalue weighted by molar-refractivity contribution is -0.149. The Morgan fingerprint density at radius 2 is 2.45 bits per heavy atom. The lowest BCUT2D eigenvalue weighted by atomic mass is 10.2. The number of fused-ring (bicyclic) bond motifs is 1. The summed E-state index contributed by atoms with van der Waals surface area (Å²) in [6.07, 6.45) is 1.17. The molecule has 0 aliphatic carbocycles. The van der Waals surface area contributed by atoms with Crippen molar-refractivity contribution in [2.45, 2.75) is 25.2 Å². The molecule has 3 N–H and O–H groups in total. The quantitative estimate of drug-likeness (QED) is 0.693. The van der Waals surface area contributed by atoms with Gasteiger partial charge in [-0.25, -0.2) is 4.98 Å². The van der Waals surface area contributed by atoms with Gasteiger partial charge in [-0.15, -0.1) is 0 Å². The van der Waals surface area contributed by atoms with Gasteiger partial charge in [0.2, 0.25) is 5.95 Å². The van der Waals surface area contributed by atoms with Crippen molar-refractivity contribution in [3.63, 3.8) is 0 Å². The third-order valence-corrected chi connectivity index (χ3v) is 4.16. The van der Waals surface area contributed by atoms with Gasteiger partial charge in [-0.3, -0.25) is 14.2 Å². The SMILES string of the molecule is Nc1ncc2sc(=O)n(CC(=O)OC3COC(CO)C3)c2n1. The number of nitrogens with zero attached hydrogens (tertiary/aromatic N) is 3. The van der Waals surface area contributed by atoms with E-state index in [1.165, 1.54) is 10.8 Å². The third-order valence-electron chi connectivity index (χ3n) is 3.26. The second-order valence-corrected chi connectivity index (χ2v) is 5.85. The highest BCUT2D eigenvalue weighted by atomic mass is 32.1. The number of anilines is 1. The van der Waals surface area contributed by atoms with Crippen LogP contribution in [-0.2, 0) is 20.8 Å². The zero-order valence-electron chi connectivity index (χ0n) is 11.5. The molecule has 22 heavy (non-hydrogen) atoms. The van der Waals surface area contributed by atoms with E-state index in [2.05, 4.69) is 9.97 Å². The van der Waals surface area contributed by atoms with Crippen LogP contribution in [0.15, 0.2) is 11.0 Å². The predicted octanol–water partition coefficient (Wildman–Crippen LogP) is -0.872. The number of carbonyl (C=O) groups is 1. The maximum absolute atomic E-state index is 12.0. The molecule has 1 saturated heterocycles. The van der Waals surface area contributed by atoms with E-state index in [0.29, 0.717) is 16.8 Å². The van der Waals surface area contributed by atoms with E-state index in [1.54, 1.807) is 0 Å². The summed E-state index contributed by atoms with van der Waals surface area (Å²) in [5.74, 6) is -0.534. The molecule has 1 aliphatic heterocycles. The minimum Gasteiger partial charge on any atom is -0.458 e. The van der Waals surface area contributed by atoms with Crippen molar-refractivity contribution in [1.82, 2.24) is 14.5 Å². The van der Waals surface area contributed by atoms with E-state index < -0.39 is 12.1 Å². The molecule has 3 rings (SSSR count). The van der Waals surface area contributed by atoms with Gasteiger partial charge in [-0.05, 0) is 0 Å². The smallest absolute Gasteiger partial charge is 0.326 e. The van der Waals surface area contributed by atoms with E-state index in [1.807, 2.05) is 0 Å². The highest BCUT2D eigenvalue weighted by Gasteiger charge is 2.28. The standard InChI is InChI=1S/C12H14N4O5S/c13-11-14-2-8-10(15-11)16(12(19)22-8)3-9(18)21-7-1-6(4-17)20-5-7/h2,6-7,17H,1,3-5H2,(H2,13,14,15). The van der Waals surface area contributed by atoms with Gasteiger partial charge < -0.3 is 20.3 Å². The zero-order chi connectivity index (χ0) is 15.7. The highest BCUT2D eigenvalue weighted by molar-refractivity contribution is 7.16. The average molecular weight is 326 g/mol. The molecular formula is C12H14N4O5S. The number of ether oxygens (including phenoxy) is 2. The Hall–Kier alpha value is -2.04. The number of hydrogen-bond acceptors (Lipinski definition) is 9. The molecule has 0 saturated carbocycles. The van der Waals surface area contributed by atoms with Gasteiger partial charge in [-0.2, -0.15) is 4.98 Å². The first-order chi connectivity index (χ1) is 10.6. The summed E-state index contributed by atoms with van der Waals surface area (Å²) in [4.78, 5) is 31.4. The van der Waals surface area contributed by atoms with Crippen molar-refractivity contribution >= 4 is 33.6 Å². The first kappa shape index (κ1) is 14.9. The van der Waals surface area contributed by atoms with Crippen LogP contribution >= 0.6 is 11.3 Å². The maximum atomic E-state index is 12.0. The maximum Gasteiger partial charge on any atom is 0.326 e. The molecule has 1 fully saturated rings. The molecule has 2 aromatic heterocycles. The molecule has 0 aromatic carbocycles. The molecule has 0 bridgehead atoms. The summed E-state index contributed by atoms with van der Waals surface area (Å²) in [7, 11) is 0. The van der Waals surface area contributed by atoms with Gasteiger partial charge in [0.25, 0.3) is 0 Å². The number of thiazole rings is 1. The fourth-order valence-corrected chi connectivity index (χ4v) is 3.05. The predicted molar refractivity (Wildman–Crippen MR) is 77.4 cm³/mol. The number of esters is 1. The Bertz CT molecular complexity index is 758. The van der Waals surface area contributed by atoms with E-state index in [0.717, 1.165) is 11.3 Å². The van der Waals surface area contributed by atoms with E-state index in [-0.39, 0.29) is 36.7 Å². The van der Waals surface area contributed by atoms with Crippen LogP contribution < -0.4 is 10.6 Å². The van der Waals surface area contributed by atoms with E-state index in [4.69, 9.17) is 20.3 Å². The van der Waals surface area contributed by atoms with E-state index in [9.17, 15) is 9.59 Å². The Labute approximate surface area is 128 Å². The van der Waals surface area contributed by atoms with Crippen molar-refractivity contribution in [3.05, 3.63) is 15.9 Å². The minimum atomic E-state index is -0.564. The van der Waals surface area contributed by atoms with Crippen LogP contribution in [0.1, 0.15) is 6.42 Å². The van der Waals surface area contributed by atoms with Crippen LogP contribution in [0, 0.1) is 0 Å². The number of nitrogen functional groups attached to an aromatic ring is 1. The fourth-order valence-electron chi connectivity index (χ4n) is 2.25. The molecule has 3 heterocycles. The molecule has 1 aliphatic rings. The van der Waals surface area contributed by atoms with Crippen molar-refractivity contribution in [3.8, 4) is 0 Å². The van der Waals surface area contributed by atoms with Gasteiger partial charge in [0.15, 0.2) is 5.65 Å². The Morgan fingerprint density at radius 1 is 1.64 bits per heavy atom. The first-order valence-corrected chi connectivity index (χ1v) is 7.42. The van der Waals surface area contributed by atoms with Crippen LogP contribution in [0.5, 0.6) is 0 Å². The number of rotatable bonds is 4. The molecule has 2 aromatic rings. The zero-order valence-corrected chi connectivity index (χ0v) is 12.3. The number of hydrogen-bond donors (Lipinski definition) is 2. The summed E-state index contributed by atoms with van der Waals surface area (Å²) in [5, 5.41) is 8.97. The largest absolute Gasteiger partial charge is 0.458 e. The number of nitrogens with two attached hydrogens (primary N) is 1. The average Bonchev–Trinajstić information content (AvgIpc) is 3.05. The molecular weight excluding hydrogens is 312 g/mol. The van der Waals surface area contributed by atoms with Gasteiger partial charge >= 0.3 is 10.8 Å². The van der Waals surface area contributed by atoms with E-state index >= 15 is 0 Å². The molecule has 0 radical (unpaired) electrons. The minimum absolute atomic E-state index is 0.0300.